The molecule has 1 aliphatic heterocycles. The monoisotopic (exact) mass is 367 g/mol. The molecular weight excluding hydrogens is 338 g/mol. The van der Waals surface area contributed by atoms with E-state index in [9.17, 15) is 0 Å². The molecule has 6 heteroatoms. The molecule has 0 atom stereocenters. The van der Waals surface area contributed by atoms with E-state index < -0.39 is 0 Å². The average Bonchev–Trinajstić information content (AvgIpc) is 3.22. The Morgan fingerprint density at radius 2 is 2.00 bits per heavy atom. The van der Waals surface area contributed by atoms with Crippen molar-refractivity contribution < 1.29 is 4.74 Å². The van der Waals surface area contributed by atoms with Crippen LogP contribution in [0.15, 0.2) is 12.3 Å². The standard InChI is InChI=1S/C21H29N5O/c1-14(2)18-10-19(15-6-4-5-7-15)25-21(24-18)26-9-8-17-16(12-26)11-22-20(23-17)13-27-3/h10-11,14-15H,4-9,12-13H2,1-3H3. The van der Waals surface area contributed by atoms with Gasteiger partial charge in [0.05, 0.1) is 5.69 Å². The lowest BCUT2D eigenvalue weighted by Gasteiger charge is -2.29. The van der Waals surface area contributed by atoms with Crippen LogP contribution in [0.3, 0.4) is 0 Å². The van der Waals surface area contributed by atoms with Crippen LogP contribution in [-0.2, 0) is 24.3 Å². The zero-order valence-corrected chi connectivity index (χ0v) is 16.6. The quantitative estimate of drug-likeness (QED) is 0.802. The van der Waals surface area contributed by atoms with Crippen molar-refractivity contribution in [3.8, 4) is 0 Å². The van der Waals surface area contributed by atoms with Gasteiger partial charge in [-0.15, -0.1) is 0 Å². The van der Waals surface area contributed by atoms with Crippen LogP contribution in [-0.4, -0.2) is 33.6 Å². The Bertz CT molecular complexity index is 801. The van der Waals surface area contributed by atoms with E-state index in [-0.39, 0.29) is 0 Å². The van der Waals surface area contributed by atoms with Crippen molar-refractivity contribution in [2.24, 2.45) is 0 Å². The summed E-state index contributed by atoms with van der Waals surface area (Å²) in [4.78, 5) is 21.3. The molecule has 2 aromatic rings. The highest BCUT2D eigenvalue weighted by molar-refractivity contribution is 5.39. The predicted molar refractivity (Wildman–Crippen MR) is 105 cm³/mol. The molecule has 0 aromatic carbocycles. The van der Waals surface area contributed by atoms with Gasteiger partial charge < -0.3 is 9.64 Å². The van der Waals surface area contributed by atoms with E-state index in [0.29, 0.717) is 18.4 Å². The number of methoxy groups -OCH3 is 1. The van der Waals surface area contributed by atoms with Gasteiger partial charge in [0.15, 0.2) is 5.82 Å². The van der Waals surface area contributed by atoms with E-state index in [2.05, 4.69) is 34.8 Å². The molecule has 1 fully saturated rings. The molecule has 0 spiro atoms. The topological polar surface area (TPSA) is 64.0 Å². The summed E-state index contributed by atoms with van der Waals surface area (Å²) in [5, 5.41) is 0. The van der Waals surface area contributed by atoms with Crippen molar-refractivity contribution in [1.29, 1.82) is 0 Å². The molecule has 0 saturated heterocycles. The summed E-state index contributed by atoms with van der Waals surface area (Å²) in [5.41, 5.74) is 4.68. The molecule has 144 valence electrons. The van der Waals surface area contributed by atoms with E-state index in [1.165, 1.54) is 36.9 Å². The number of ether oxygens (including phenoxy) is 1. The molecule has 0 bridgehead atoms. The lowest BCUT2D eigenvalue weighted by Crippen LogP contribution is -2.33. The summed E-state index contributed by atoms with van der Waals surface area (Å²) >= 11 is 0. The first kappa shape index (κ1) is 18.3. The molecule has 0 amide bonds. The smallest absolute Gasteiger partial charge is 0.226 e. The first-order valence-electron chi connectivity index (χ1n) is 10.1. The van der Waals surface area contributed by atoms with E-state index in [4.69, 9.17) is 14.7 Å². The van der Waals surface area contributed by atoms with Gasteiger partial charge in [0.25, 0.3) is 0 Å². The van der Waals surface area contributed by atoms with Gasteiger partial charge in [-0.05, 0) is 24.8 Å². The normalized spacial score (nSPS) is 17.6. The highest BCUT2D eigenvalue weighted by atomic mass is 16.5. The van der Waals surface area contributed by atoms with E-state index in [0.717, 1.165) is 42.7 Å². The Morgan fingerprint density at radius 3 is 2.74 bits per heavy atom. The van der Waals surface area contributed by atoms with Crippen LogP contribution in [0.5, 0.6) is 0 Å². The summed E-state index contributed by atoms with van der Waals surface area (Å²) in [6, 6.07) is 2.24. The number of hydrogen-bond donors (Lipinski definition) is 0. The minimum atomic E-state index is 0.406. The first-order chi connectivity index (χ1) is 13.1. The van der Waals surface area contributed by atoms with E-state index in [1.807, 2.05) is 6.20 Å². The number of hydrogen-bond acceptors (Lipinski definition) is 6. The summed E-state index contributed by atoms with van der Waals surface area (Å²) in [5.74, 6) is 2.63. The van der Waals surface area contributed by atoms with Crippen molar-refractivity contribution >= 4 is 5.95 Å². The fourth-order valence-electron chi connectivity index (χ4n) is 4.07. The molecule has 0 N–H and O–H groups in total. The van der Waals surface area contributed by atoms with Crippen LogP contribution in [0.1, 0.15) is 79.8 Å². The maximum atomic E-state index is 5.15. The number of aromatic nitrogens is 4. The molecule has 2 aromatic heterocycles. The Morgan fingerprint density at radius 1 is 1.19 bits per heavy atom. The van der Waals surface area contributed by atoms with Crippen LogP contribution in [0.25, 0.3) is 0 Å². The molecule has 6 nitrogen and oxygen atoms in total. The zero-order valence-electron chi connectivity index (χ0n) is 16.6. The molecule has 1 saturated carbocycles. The van der Waals surface area contributed by atoms with Gasteiger partial charge >= 0.3 is 0 Å². The van der Waals surface area contributed by atoms with Crippen LogP contribution >= 0.6 is 0 Å². The highest BCUT2D eigenvalue weighted by Crippen LogP contribution is 2.35. The third-order valence-electron chi connectivity index (χ3n) is 5.66. The Balaban J connectivity index is 1.61. The van der Waals surface area contributed by atoms with Gasteiger partial charge in [-0.25, -0.2) is 19.9 Å². The molecule has 2 aliphatic rings. The lowest BCUT2D eigenvalue weighted by molar-refractivity contribution is 0.177. The number of anilines is 1. The molecule has 0 radical (unpaired) electrons. The Hall–Kier alpha value is -2.08. The van der Waals surface area contributed by atoms with E-state index >= 15 is 0 Å². The minimum absolute atomic E-state index is 0.406. The molecule has 3 heterocycles. The van der Waals surface area contributed by atoms with Crippen molar-refractivity contribution in [1.82, 2.24) is 19.9 Å². The second-order valence-corrected chi connectivity index (χ2v) is 8.02. The molecule has 0 unspecified atom stereocenters. The Labute approximate surface area is 161 Å². The fourth-order valence-corrected chi connectivity index (χ4v) is 4.07. The predicted octanol–water partition coefficient (Wildman–Crippen LogP) is 3.76. The van der Waals surface area contributed by atoms with Gasteiger partial charge in [0.2, 0.25) is 5.95 Å². The molecule has 1 aliphatic carbocycles. The van der Waals surface area contributed by atoms with Crippen molar-refractivity contribution in [2.45, 2.75) is 70.9 Å². The van der Waals surface area contributed by atoms with Gasteiger partial charge in [-0.1, -0.05) is 26.7 Å². The summed E-state index contributed by atoms with van der Waals surface area (Å²) in [7, 11) is 1.67. The third kappa shape index (κ3) is 3.95. The van der Waals surface area contributed by atoms with Gasteiger partial charge in [-0.2, -0.15) is 0 Å². The second kappa shape index (κ2) is 7.89. The maximum Gasteiger partial charge on any atom is 0.226 e. The summed E-state index contributed by atoms with van der Waals surface area (Å²) in [6.07, 6.45) is 7.98. The van der Waals surface area contributed by atoms with Crippen LogP contribution in [0.2, 0.25) is 0 Å². The summed E-state index contributed by atoms with van der Waals surface area (Å²) < 4.78 is 5.15. The highest BCUT2D eigenvalue weighted by Gasteiger charge is 2.25. The van der Waals surface area contributed by atoms with Crippen LogP contribution in [0, 0.1) is 0 Å². The lowest BCUT2D eigenvalue weighted by atomic mass is 10.0. The largest absolute Gasteiger partial charge is 0.377 e. The maximum absolute atomic E-state index is 5.15. The number of nitrogens with zero attached hydrogens (tertiary/aromatic N) is 5. The van der Waals surface area contributed by atoms with Crippen molar-refractivity contribution in [2.75, 3.05) is 18.6 Å². The number of fused-ring (bicyclic) bond motifs is 1. The van der Waals surface area contributed by atoms with Gasteiger partial charge in [-0.3, -0.25) is 0 Å². The SMILES string of the molecule is COCc1ncc2c(n1)CCN(c1nc(C(C)C)cc(C3CCCC3)n1)C2. The zero-order chi connectivity index (χ0) is 18.8. The Kier molecular flexibility index (Phi) is 5.34. The van der Waals surface area contributed by atoms with E-state index in [1.54, 1.807) is 7.11 Å². The average molecular weight is 367 g/mol. The van der Waals surface area contributed by atoms with Crippen LogP contribution < -0.4 is 4.90 Å². The summed E-state index contributed by atoms with van der Waals surface area (Å²) in [6.45, 7) is 6.54. The fraction of sp³-hybridized carbons (Fsp3) is 0.619. The molecule has 27 heavy (non-hydrogen) atoms. The minimum Gasteiger partial charge on any atom is -0.377 e. The van der Waals surface area contributed by atoms with Crippen molar-refractivity contribution in [3.63, 3.8) is 0 Å². The van der Waals surface area contributed by atoms with Gasteiger partial charge in [0.1, 0.15) is 6.61 Å². The van der Waals surface area contributed by atoms with Crippen LogP contribution in [0.4, 0.5) is 5.95 Å². The number of rotatable bonds is 5. The third-order valence-corrected chi connectivity index (χ3v) is 5.66. The molecule has 4 rings (SSSR count). The second-order valence-electron chi connectivity index (χ2n) is 8.02. The van der Waals surface area contributed by atoms with Gasteiger partial charge in [0, 0.05) is 55.7 Å². The van der Waals surface area contributed by atoms with Crippen molar-refractivity contribution in [3.05, 3.63) is 40.7 Å². The molecular formula is C21H29N5O. The first-order valence-corrected chi connectivity index (χ1v) is 10.1.